The second kappa shape index (κ2) is 4.98. The number of hydrogen-bond donors (Lipinski definition) is 1. The first-order valence-corrected chi connectivity index (χ1v) is 6.87. The average molecular weight is 249 g/mol. The molecule has 1 N–H and O–H groups in total. The Hall–Kier alpha value is -0.930. The van der Waals surface area contributed by atoms with Gasteiger partial charge in [0.1, 0.15) is 5.82 Å². The molecule has 2 aliphatic rings. The molecule has 2 saturated heterocycles. The van der Waals surface area contributed by atoms with Gasteiger partial charge in [0.2, 0.25) is 0 Å². The van der Waals surface area contributed by atoms with Crippen LogP contribution in [0, 0.1) is 5.82 Å². The molecule has 0 aliphatic carbocycles. The van der Waals surface area contributed by atoms with Gasteiger partial charge in [0, 0.05) is 12.1 Å². The molecule has 2 heterocycles. The van der Waals surface area contributed by atoms with Crippen LogP contribution in [0.2, 0.25) is 0 Å². The third-order valence-electron chi connectivity index (χ3n) is 4.09. The number of nitrogens with one attached hydrogen (secondary N) is 1. The number of ether oxygens (including phenoxy) is 1. The van der Waals surface area contributed by atoms with Crippen LogP contribution in [0.25, 0.3) is 0 Å². The maximum Gasteiger partial charge on any atom is 0.126 e. The minimum atomic E-state index is -0.102. The predicted molar refractivity (Wildman–Crippen MR) is 69.0 cm³/mol. The Labute approximate surface area is 108 Å². The molecule has 3 heteroatoms. The van der Waals surface area contributed by atoms with Crippen LogP contribution in [0.3, 0.4) is 0 Å². The molecule has 0 radical (unpaired) electrons. The lowest BCUT2D eigenvalue weighted by molar-refractivity contribution is 0.0962. The van der Waals surface area contributed by atoms with Crippen molar-refractivity contribution < 1.29 is 9.13 Å². The van der Waals surface area contributed by atoms with Crippen LogP contribution < -0.4 is 5.32 Å². The monoisotopic (exact) mass is 249 g/mol. The van der Waals surface area contributed by atoms with E-state index in [1.165, 1.54) is 18.9 Å². The quantitative estimate of drug-likeness (QED) is 0.885. The third-order valence-corrected chi connectivity index (χ3v) is 4.09. The minimum Gasteiger partial charge on any atom is -0.373 e. The summed E-state index contributed by atoms with van der Waals surface area (Å²) in [6.07, 6.45) is 5.10. The molecular formula is C15H20FNO. The first-order valence-electron chi connectivity index (χ1n) is 6.87. The molecule has 4 atom stereocenters. The summed E-state index contributed by atoms with van der Waals surface area (Å²) in [6, 6.07) is 7.78. The second-order valence-corrected chi connectivity index (χ2v) is 5.58. The number of benzene rings is 1. The van der Waals surface area contributed by atoms with Crippen LogP contribution in [0.15, 0.2) is 24.3 Å². The van der Waals surface area contributed by atoms with E-state index in [0.717, 1.165) is 18.4 Å². The van der Waals surface area contributed by atoms with Gasteiger partial charge in [-0.1, -0.05) is 18.2 Å². The summed E-state index contributed by atoms with van der Waals surface area (Å²) in [7, 11) is 0. The highest BCUT2D eigenvalue weighted by molar-refractivity contribution is 5.18. The van der Waals surface area contributed by atoms with E-state index in [1.807, 2.05) is 12.1 Å². The van der Waals surface area contributed by atoms with Crippen LogP contribution >= 0.6 is 0 Å². The molecule has 0 unspecified atom stereocenters. The number of halogens is 1. The van der Waals surface area contributed by atoms with Crippen molar-refractivity contribution in [2.24, 2.45) is 0 Å². The van der Waals surface area contributed by atoms with Crippen LogP contribution in [0.1, 0.15) is 31.7 Å². The molecule has 0 saturated carbocycles. The van der Waals surface area contributed by atoms with Gasteiger partial charge in [-0.2, -0.15) is 0 Å². The summed E-state index contributed by atoms with van der Waals surface area (Å²) in [4.78, 5) is 0. The zero-order valence-electron chi connectivity index (χ0n) is 10.7. The van der Waals surface area contributed by atoms with Gasteiger partial charge >= 0.3 is 0 Å². The van der Waals surface area contributed by atoms with E-state index in [1.54, 1.807) is 6.07 Å². The van der Waals surface area contributed by atoms with Crippen molar-refractivity contribution in [1.82, 2.24) is 5.32 Å². The molecule has 2 bridgehead atoms. The van der Waals surface area contributed by atoms with Crippen molar-refractivity contribution in [3.63, 3.8) is 0 Å². The van der Waals surface area contributed by atoms with E-state index in [9.17, 15) is 4.39 Å². The van der Waals surface area contributed by atoms with Gasteiger partial charge in [0.05, 0.1) is 12.2 Å². The van der Waals surface area contributed by atoms with Crippen LogP contribution in [0.4, 0.5) is 4.39 Å². The van der Waals surface area contributed by atoms with Crippen molar-refractivity contribution in [3.05, 3.63) is 35.6 Å². The molecule has 2 nitrogen and oxygen atoms in total. The fourth-order valence-electron chi connectivity index (χ4n) is 3.23. The summed E-state index contributed by atoms with van der Waals surface area (Å²) in [5.74, 6) is -0.102. The highest BCUT2D eigenvalue weighted by Crippen LogP contribution is 2.34. The van der Waals surface area contributed by atoms with Gasteiger partial charge in [0.25, 0.3) is 0 Å². The largest absolute Gasteiger partial charge is 0.373 e. The smallest absolute Gasteiger partial charge is 0.126 e. The number of rotatable bonds is 4. The van der Waals surface area contributed by atoms with Crippen molar-refractivity contribution in [2.45, 2.75) is 56.9 Å². The Morgan fingerprint density at radius 3 is 2.89 bits per heavy atom. The van der Waals surface area contributed by atoms with Gasteiger partial charge in [0.15, 0.2) is 0 Å². The van der Waals surface area contributed by atoms with Gasteiger partial charge < -0.3 is 10.1 Å². The van der Waals surface area contributed by atoms with Crippen LogP contribution in [0.5, 0.6) is 0 Å². The molecule has 0 spiro atoms. The van der Waals surface area contributed by atoms with Crippen molar-refractivity contribution >= 4 is 0 Å². The highest BCUT2D eigenvalue weighted by Gasteiger charge is 2.40. The van der Waals surface area contributed by atoms with Crippen LogP contribution in [-0.4, -0.2) is 24.3 Å². The molecule has 2 fully saturated rings. The molecule has 1 aromatic carbocycles. The van der Waals surface area contributed by atoms with Gasteiger partial charge in [-0.25, -0.2) is 4.39 Å². The van der Waals surface area contributed by atoms with E-state index in [-0.39, 0.29) is 11.9 Å². The molecular weight excluding hydrogens is 229 g/mol. The molecule has 2 aliphatic heterocycles. The first-order chi connectivity index (χ1) is 8.72. The van der Waals surface area contributed by atoms with E-state index in [0.29, 0.717) is 18.2 Å². The topological polar surface area (TPSA) is 21.3 Å². The van der Waals surface area contributed by atoms with Crippen LogP contribution in [-0.2, 0) is 11.2 Å². The number of fused-ring (bicyclic) bond motifs is 2. The molecule has 0 aromatic heterocycles. The Morgan fingerprint density at radius 2 is 2.22 bits per heavy atom. The van der Waals surface area contributed by atoms with E-state index < -0.39 is 0 Å². The second-order valence-electron chi connectivity index (χ2n) is 5.58. The van der Waals surface area contributed by atoms with Crippen molar-refractivity contribution in [2.75, 3.05) is 0 Å². The molecule has 3 rings (SSSR count). The lowest BCUT2D eigenvalue weighted by Crippen LogP contribution is -2.43. The van der Waals surface area contributed by atoms with Gasteiger partial charge in [-0.3, -0.25) is 0 Å². The van der Waals surface area contributed by atoms with Crippen molar-refractivity contribution in [3.8, 4) is 0 Å². The van der Waals surface area contributed by atoms with E-state index in [2.05, 4.69) is 12.2 Å². The zero-order valence-corrected chi connectivity index (χ0v) is 10.7. The Balaban J connectivity index is 1.56. The lowest BCUT2D eigenvalue weighted by Gasteiger charge is -2.24. The fraction of sp³-hybridized carbons (Fsp3) is 0.600. The first kappa shape index (κ1) is 12.1. The minimum absolute atomic E-state index is 0.102. The highest BCUT2D eigenvalue weighted by atomic mass is 19.1. The third kappa shape index (κ3) is 2.43. The molecule has 18 heavy (non-hydrogen) atoms. The maximum atomic E-state index is 13.6. The molecule has 0 amide bonds. The summed E-state index contributed by atoms with van der Waals surface area (Å²) in [6.45, 7) is 2.12. The summed E-state index contributed by atoms with van der Waals surface area (Å²) >= 11 is 0. The Morgan fingerprint density at radius 1 is 1.39 bits per heavy atom. The SMILES string of the molecule is C[C@@H](Cc1ccccc1F)N[C@@H]1C[C@H]2CC[C@H]1O2. The van der Waals surface area contributed by atoms with Gasteiger partial charge in [-0.15, -0.1) is 0 Å². The number of hydrogen-bond acceptors (Lipinski definition) is 2. The lowest BCUT2D eigenvalue weighted by atomic mass is 9.94. The summed E-state index contributed by atoms with van der Waals surface area (Å²) in [5.41, 5.74) is 0.793. The average Bonchev–Trinajstić information content (AvgIpc) is 2.94. The normalized spacial score (nSPS) is 31.8. The fourth-order valence-corrected chi connectivity index (χ4v) is 3.23. The van der Waals surface area contributed by atoms with E-state index in [4.69, 9.17) is 4.74 Å². The zero-order chi connectivity index (χ0) is 12.5. The molecule has 1 aromatic rings. The predicted octanol–water partition coefficient (Wildman–Crippen LogP) is 2.67. The maximum absolute atomic E-state index is 13.6. The summed E-state index contributed by atoms with van der Waals surface area (Å²) in [5, 5.41) is 3.59. The Kier molecular flexibility index (Phi) is 3.35. The standard InChI is InChI=1S/C15H20FNO/c1-10(8-11-4-2-3-5-13(11)16)17-14-9-12-6-7-15(14)18-12/h2-5,10,12,14-15,17H,6-9H2,1H3/t10-,12+,14+,15+/m0/s1. The molecule has 98 valence electrons. The summed E-state index contributed by atoms with van der Waals surface area (Å²) < 4.78 is 19.4. The van der Waals surface area contributed by atoms with Gasteiger partial charge in [-0.05, 0) is 44.2 Å². The Bertz CT molecular complexity index is 423. The van der Waals surface area contributed by atoms with Crippen molar-refractivity contribution in [1.29, 1.82) is 0 Å². The van der Waals surface area contributed by atoms with E-state index >= 15 is 0 Å².